The van der Waals surface area contributed by atoms with Gasteiger partial charge in [0.25, 0.3) is 0 Å². The number of aliphatic hydroxyl groups is 3. The number of anilines is 2. The van der Waals surface area contributed by atoms with Gasteiger partial charge in [-0.25, -0.2) is 29.1 Å². The smallest absolute Gasteiger partial charge is 0.413 e. The molecule has 6 atom stereocenters. The Balaban J connectivity index is 0.710. The molecule has 9 rings (SSSR count). The van der Waals surface area contributed by atoms with Crippen LogP contribution in [0.1, 0.15) is 102 Å². The summed E-state index contributed by atoms with van der Waals surface area (Å²) in [7, 11) is 5.61. The third-order valence-corrected chi connectivity index (χ3v) is 20.1. The summed E-state index contributed by atoms with van der Waals surface area (Å²) >= 11 is 0. The van der Waals surface area contributed by atoms with Crippen LogP contribution in [-0.2, 0) is 116 Å². The lowest BCUT2D eigenvalue weighted by atomic mass is 9.98. The average Bonchev–Trinajstić information content (AvgIpc) is 1.59. The zero-order valence-electron chi connectivity index (χ0n) is 72.0. The number of unbranched alkanes of at least 4 members (excludes halogenated alkanes) is 2. The number of amides is 5. The van der Waals surface area contributed by atoms with Crippen molar-refractivity contribution in [2.24, 2.45) is 0 Å². The van der Waals surface area contributed by atoms with E-state index in [1.165, 1.54) is 30.3 Å². The summed E-state index contributed by atoms with van der Waals surface area (Å²) in [6.07, 6.45) is -9.29. The molecule has 10 N–H and O–H groups in total. The number of imidazole rings is 1. The summed E-state index contributed by atoms with van der Waals surface area (Å²) < 4.78 is 90.5. The number of aromatic nitrogens is 3. The lowest BCUT2D eigenvalue weighted by molar-refractivity contribution is -0.271. The van der Waals surface area contributed by atoms with Crippen molar-refractivity contribution in [1.29, 1.82) is 0 Å². The standard InChI is InChI=1S/C89H121N9O28/c1-5-6-18-74-95-77-78(98(74)57-61-21-19-60(20-22-61)56-97(2)3)68-25-24-63(85(105)106)55-71(68)93-83(77)96-89(110)123-58-62-23-26-73(125-87-81(103)79(101)80(102)82(126-87)86(107)108)72(54-62)92-76(100)27-30-91-84(104)70(94-88(109)124-59-69-66-15-9-7-13-64(66)65-14-8-10-16-67(65)69)17-11-12-29-90-75(99)28-31-112-34-35-114-38-39-116-42-43-118-46-47-120-50-51-122-53-52-121-49-48-119-45-44-117-41-40-115-37-36-113-33-32-111-4/h7-10,13-16,19-26,54-55,69-70,79-82,87,101-103H,5-6,11-12,17-18,27-53,56-59H2,1-4H3,(H,90,99)(H,91,104)(H,92,100)(H,94,109)(H,105,106)(H,107,108)(H,93,96,110)/t70?,79-,80-,81+,82-,87+/m0/s1. The number of alkyl carbamates (subject to hydrolysis) is 1. The van der Waals surface area contributed by atoms with Crippen molar-refractivity contribution in [3.63, 3.8) is 0 Å². The first-order valence-electron chi connectivity index (χ1n) is 42.5. The number of rotatable bonds is 63. The van der Waals surface area contributed by atoms with E-state index >= 15 is 0 Å². The number of carbonyl (C=O) groups is 7. The van der Waals surface area contributed by atoms with Crippen LogP contribution in [0.4, 0.5) is 21.1 Å². The second-order valence-electron chi connectivity index (χ2n) is 29.8. The Morgan fingerprint density at radius 1 is 0.540 bits per heavy atom. The number of methoxy groups -OCH3 is 1. The van der Waals surface area contributed by atoms with E-state index in [4.69, 9.17) is 85.8 Å². The minimum absolute atomic E-state index is 0.0211. The number of aryl methyl sites for hydroxylation is 1. The number of carboxylic acids is 2. The Bertz CT molecular complexity index is 4460. The summed E-state index contributed by atoms with van der Waals surface area (Å²) in [5.41, 5.74) is 7.27. The van der Waals surface area contributed by atoms with Gasteiger partial charge in [-0.1, -0.05) is 92.2 Å². The normalized spacial score (nSPS) is 15.7. The van der Waals surface area contributed by atoms with Gasteiger partial charge in [-0.2, -0.15) is 0 Å². The predicted octanol–water partition coefficient (Wildman–Crippen LogP) is 6.61. The van der Waals surface area contributed by atoms with Crippen molar-refractivity contribution in [3.8, 4) is 16.9 Å². The van der Waals surface area contributed by atoms with Gasteiger partial charge in [0.15, 0.2) is 11.9 Å². The Labute approximate surface area is 731 Å². The molecule has 690 valence electrons. The molecule has 1 fully saturated rings. The second-order valence-corrected chi connectivity index (χ2v) is 29.8. The number of carbonyl (C=O) groups excluding carboxylic acids is 5. The zero-order valence-corrected chi connectivity index (χ0v) is 72.0. The van der Waals surface area contributed by atoms with Gasteiger partial charge in [-0.15, -0.1) is 0 Å². The van der Waals surface area contributed by atoms with Gasteiger partial charge in [-0.3, -0.25) is 19.7 Å². The zero-order chi connectivity index (χ0) is 89.6. The second kappa shape index (κ2) is 55.6. The van der Waals surface area contributed by atoms with E-state index in [1.54, 1.807) is 13.2 Å². The number of nitrogens with one attached hydrogen (secondary N) is 5. The minimum atomic E-state index is -2.06. The molecular weight excluding hydrogens is 1640 g/mol. The number of ether oxygens (including phenoxy) is 16. The molecule has 2 aliphatic rings. The van der Waals surface area contributed by atoms with Gasteiger partial charge < -0.3 is 132 Å². The highest BCUT2D eigenvalue weighted by molar-refractivity contribution is 6.10. The van der Waals surface area contributed by atoms with Crippen molar-refractivity contribution in [3.05, 3.63) is 148 Å². The van der Waals surface area contributed by atoms with E-state index in [2.05, 4.69) is 50.5 Å². The van der Waals surface area contributed by atoms with Crippen LogP contribution >= 0.6 is 0 Å². The van der Waals surface area contributed by atoms with E-state index in [-0.39, 0.29) is 98.1 Å². The van der Waals surface area contributed by atoms with Gasteiger partial charge in [0.2, 0.25) is 24.0 Å². The van der Waals surface area contributed by atoms with E-state index in [0.717, 1.165) is 52.8 Å². The molecule has 1 saturated heterocycles. The molecule has 0 spiro atoms. The van der Waals surface area contributed by atoms with Crippen LogP contribution in [-0.4, -0.2) is 316 Å². The predicted molar refractivity (Wildman–Crippen MR) is 459 cm³/mol. The fourth-order valence-corrected chi connectivity index (χ4v) is 13.7. The average molecular weight is 1760 g/mol. The maximum absolute atomic E-state index is 14.2. The lowest BCUT2D eigenvalue weighted by Gasteiger charge is -2.38. The van der Waals surface area contributed by atoms with Crippen molar-refractivity contribution >= 4 is 75.3 Å². The number of hydrogen-bond donors (Lipinski definition) is 10. The largest absolute Gasteiger partial charge is 0.479 e. The maximum atomic E-state index is 14.2. The molecule has 0 radical (unpaired) electrons. The molecule has 1 aliphatic carbocycles. The van der Waals surface area contributed by atoms with Crippen LogP contribution < -0.4 is 31.3 Å². The van der Waals surface area contributed by atoms with E-state index in [1.807, 2.05) is 79.3 Å². The SMILES string of the molecule is CCCCc1nc2c(NC(=O)OCc3ccc(O[C@@H]4O[C@H](C(=O)O)[C@@H](O)[C@H](O)[C@H]4O)c(NC(=O)CCNC(=O)C(CCCCNC(=O)CCOCCOCCOCCOCCOCCOCCOCCOCCOCCOCCOCCOC)NC(=O)OCC4c5ccccc5-c5ccccc54)c3)nc3cc(C(=O)O)ccc3c2n1Cc1ccc(CN(C)C)cc1. The first-order valence-corrected chi connectivity index (χ1v) is 42.5. The number of aliphatic hydroxyl groups excluding tert-OH is 3. The Kier molecular flexibility index (Phi) is 44.0. The molecule has 126 heavy (non-hydrogen) atoms. The van der Waals surface area contributed by atoms with Gasteiger partial charge >= 0.3 is 24.1 Å². The number of aromatic carboxylic acids is 1. The molecule has 2 aromatic heterocycles. The molecule has 37 nitrogen and oxygen atoms in total. The molecule has 5 amide bonds. The highest BCUT2D eigenvalue weighted by Gasteiger charge is 2.48. The number of benzene rings is 5. The van der Waals surface area contributed by atoms with E-state index < -0.39 is 85.7 Å². The summed E-state index contributed by atoms with van der Waals surface area (Å²) in [6, 6.07) is 31.2. The first-order chi connectivity index (χ1) is 61.3. The number of nitrogens with zero attached hydrogens (tertiary/aromatic N) is 4. The van der Waals surface area contributed by atoms with Crippen LogP contribution in [0, 0.1) is 0 Å². The molecule has 3 heterocycles. The lowest BCUT2D eigenvalue weighted by Crippen LogP contribution is -2.61. The van der Waals surface area contributed by atoms with Gasteiger partial charge in [0.1, 0.15) is 54.7 Å². The van der Waals surface area contributed by atoms with Gasteiger partial charge in [0, 0.05) is 63.9 Å². The van der Waals surface area contributed by atoms with Crippen LogP contribution in [0.25, 0.3) is 33.1 Å². The number of hydrogen-bond acceptors (Lipinski definition) is 29. The quantitative estimate of drug-likeness (QED) is 0.0179. The molecule has 1 unspecified atom stereocenters. The van der Waals surface area contributed by atoms with Crippen molar-refractivity contribution in [2.75, 3.05) is 203 Å². The van der Waals surface area contributed by atoms with Gasteiger partial charge in [0.05, 0.1) is 174 Å². The summed E-state index contributed by atoms with van der Waals surface area (Å²) in [6.45, 7) is 12.3. The monoisotopic (exact) mass is 1760 g/mol. The highest BCUT2D eigenvalue weighted by Crippen LogP contribution is 2.45. The maximum Gasteiger partial charge on any atom is 0.413 e. The van der Waals surface area contributed by atoms with Gasteiger partial charge in [-0.05, 0) is 109 Å². The molecule has 37 heteroatoms. The fraction of sp³-hybridized carbons (Fsp3) is 0.539. The van der Waals surface area contributed by atoms with Crippen molar-refractivity contribution < 1.29 is 135 Å². The van der Waals surface area contributed by atoms with Crippen LogP contribution in [0.3, 0.4) is 0 Å². The molecule has 0 saturated carbocycles. The topological polar surface area (TPSA) is 462 Å². The summed E-state index contributed by atoms with van der Waals surface area (Å²) in [5, 5.41) is 66.3. The number of fused-ring (bicyclic) bond motifs is 6. The van der Waals surface area contributed by atoms with E-state index in [9.17, 15) is 59.1 Å². The van der Waals surface area contributed by atoms with Crippen LogP contribution in [0.5, 0.6) is 5.75 Å². The number of pyridine rings is 1. The van der Waals surface area contributed by atoms with Crippen molar-refractivity contribution in [2.45, 2.75) is 121 Å². The summed E-state index contributed by atoms with van der Waals surface area (Å²) in [5.74, 6) is -4.40. The Morgan fingerprint density at radius 2 is 1.09 bits per heavy atom. The molecular formula is C89H121N9O28. The fourth-order valence-electron chi connectivity index (χ4n) is 13.7. The third kappa shape index (κ3) is 33.3. The van der Waals surface area contributed by atoms with Crippen LogP contribution in [0.2, 0.25) is 0 Å². The minimum Gasteiger partial charge on any atom is -0.479 e. The summed E-state index contributed by atoms with van der Waals surface area (Å²) in [4.78, 5) is 105. The van der Waals surface area contributed by atoms with E-state index in [0.29, 0.717) is 180 Å². The number of aliphatic carboxylic acids is 1. The molecule has 5 aromatic carbocycles. The Hall–Kier alpha value is -10.0. The first kappa shape index (κ1) is 99.8. The van der Waals surface area contributed by atoms with Crippen LogP contribution in [0.15, 0.2) is 109 Å². The third-order valence-electron chi connectivity index (χ3n) is 20.1. The molecule has 7 aromatic rings. The number of carboxylic acid groups (broad SMARTS) is 2. The van der Waals surface area contributed by atoms with Crippen molar-refractivity contribution in [1.82, 2.24) is 35.4 Å². The Morgan fingerprint density at radius 3 is 1.63 bits per heavy atom. The molecule has 1 aliphatic heterocycles. The highest BCUT2D eigenvalue weighted by atomic mass is 16.7. The molecule has 0 bridgehead atoms.